The molecule has 136 valence electrons. The van der Waals surface area contributed by atoms with Crippen LogP contribution in [-0.4, -0.2) is 14.5 Å². The topological polar surface area (TPSA) is 56.7 Å². The zero-order valence-electron chi connectivity index (χ0n) is 15.6. The van der Waals surface area contributed by atoms with Crippen molar-refractivity contribution in [2.24, 2.45) is 7.05 Å². The van der Waals surface area contributed by atoms with Crippen molar-refractivity contribution >= 4 is 28.3 Å². The van der Waals surface area contributed by atoms with E-state index in [4.69, 9.17) is 22.3 Å². The lowest BCUT2D eigenvalue weighted by atomic mass is 9.90. The summed E-state index contributed by atoms with van der Waals surface area (Å²) in [7, 11) is 2.04. The molecule has 0 radical (unpaired) electrons. The number of rotatable bonds is 3. The van der Waals surface area contributed by atoms with Crippen LogP contribution in [0.15, 0.2) is 54.7 Å². The van der Waals surface area contributed by atoms with Crippen LogP contribution in [0.5, 0.6) is 0 Å². The number of halogens is 1. The summed E-state index contributed by atoms with van der Waals surface area (Å²) in [6, 6.07) is 16.3. The third kappa shape index (κ3) is 3.17. The molecule has 2 N–H and O–H groups in total. The fraction of sp³-hybridized carbons (Fsp3) is 0.182. The lowest BCUT2D eigenvalue weighted by Gasteiger charge is -2.19. The van der Waals surface area contributed by atoms with Gasteiger partial charge in [-0.2, -0.15) is 0 Å². The highest BCUT2D eigenvalue weighted by Gasteiger charge is 2.20. The Balaban J connectivity index is 1.91. The number of aromatic nitrogens is 3. The molecule has 2 aromatic heterocycles. The second-order valence-electron chi connectivity index (χ2n) is 6.89. The standard InChI is InChI=1S/C22H21ClN4/c1-13(15-6-8-18(23)9-7-15)20-21(25-14(2)26-22(20)24)17-5-4-16-10-11-27(3)19(16)12-17/h4-13H,1-3H3,(H2,24,25,26)/t13-/m0/s1. The van der Waals surface area contributed by atoms with Gasteiger partial charge in [-0.15, -0.1) is 0 Å². The van der Waals surface area contributed by atoms with Gasteiger partial charge in [-0.1, -0.05) is 42.8 Å². The Hall–Kier alpha value is -2.85. The van der Waals surface area contributed by atoms with Crippen LogP contribution in [0.4, 0.5) is 5.82 Å². The number of fused-ring (bicyclic) bond motifs is 1. The summed E-state index contributed by atoms with van der Waals surface area (Å²) in [6.45, 7) is 4.00. The Kier molecular flexibility index (Phi) is 4.36. The minimum absolute atomic E-state index is 0.0435. The van der Waals surface area contributed by atoms with E-state index in [1.54, 1.807) is 0 Å². The molecule has 0 saturated carbocycles. The minimum Gasteiger partial charge on any atom is -0.383 e. The molecule has 0 fully saturated rings. The summed E-state index contributed by atoms with van der Waals surface area (Å²) in [5, 5.41) is 1.92. The van der Waals surface area contributed by atoms with Gasteiger partial charge in [0, 0.05) is 40.8 Å². The third-order valence-electron chi connectivity index (χ3n) is 5.05. The highest BCUT2D eigenvalue weighted by atomic mass is 35.5. The van der Waals surface area contributed by atoms with E-state index in [0.717, 1.165) is 27.9 Å². The Morgan fingerprint density at radius 3 is 2.52 bits per heavy atom. The number of nitrogen functional groups attached to an aromatic ring is 1. The van der Waals surface area contributed by atoms with Crippen molar-refractivity contribution in [3.63, 3.8) is 0 Å². The van der Waals surface area contributed by atoms with E-state index in [0.29, 0.717) is 16.7 Å². The Morgan fingerprint density at radius 2 is 1.78 bits per heavy atom. The SMILES string of the molecule is Cc1nc(N)c([C@@H](C)c2ccc(Cl)cc2)c(-c2ccc3ccn(C)c3c2)n1. The van der Waals surface area contributed by atoms with Gasteiger partial charge in [-0.3, -0.25) is 0 Å². The summed E-state index contributed by atoms with van der Waals surface area (Å²) >= 11 is 6.05. The Bertz CT molecular complexity index is 1130. The first-order valence-corrected chi connectivity index (χ1v) is 9.27. The smallest absolute Gasteiger partial charge is 0.131 e. The van der Waals surface area contributed by atoms with Crippen LogP contribution >= 0.6 is 11.6 Å². The molecule has 4 rings (SSSR count). The van der Waals surface area contributed by atoms with Gasteiger partial charge in [0.05, 0.1) is 5.69 Å². The molecular weight excluding hydrogens is 356 g/mol. The van der Waals surface area contributed by atoms with Crippen LogP contribution in [0.25, 0.3) is 22.2 Å². The average molecular weight is 377 g/mol. The van der Waals surface area contributed by atoms with E-state index >= 15 is 0 Å². The predicted molar refractivity (Wildman–Crippen MR) is 112 cm³/mol. The monoisotopic (exact) mass is 376 g/mol. The van der Waals surface area contributed by atoms with Crippen LogP contribution in [0.2, 0.25) is 5.02 Å². The molecule has 2 heterocycles. The first kappa shape index (κ1) is 17.6. The second-order valence-corrected chi connectivity index (χ2v) is 7.33. The van der Waals surface area contributed by atoms with Gasteiger partial charge in [-0.05, 0) is 42.1 Å². The maximum atomic E-state index is 6.37. The van der Waals surface area contributed by atoms with Crippen molar-refractivity contribution in [1.29, 1.82) is 0 Å². The van der Waals surface area contributed by atoms with E-state index in [1.165, 1.54) is 5.39 Å². The molecule has 4 nitrogen and oxygen atoms in total. The van der Waals surface area contributed by atoms with Crippen molar-refractivity contribution < 1.29 is 0 Å². The van der Waals surface area contributed by atoms with Crippen LogP contribution in [0.3, 0.4) is 0 Å². The molecule has 4 aromatic rings. The van der Waals surface area contributed by atoms with E-state index in [-0.39, 0.29) is 5.92 Å². The van der Waals surface area contributed by atoms with Crippen LogP contribution in [0.1, 0.15) is 29.8 Å². The fourth-order valence-corrected chi connectivity index (χ4v) is 3.70. The van der Waals surface area contributed by atoms with Gasteiger partial charge >= 0.3 is 0 Å². The normalized spacial score (nSPS) is 12.4. The largest absolute Gasteiger partial charge is 0.383 e. The molecule has 0 aliphatic rings. The third-order valence-corrected chi connectivity index (χ3v) is 5.30. The van der Waals surface area contributed by atoms with Gasteiger partial charge < -0.3 is 10.3 Å². The van der Waals surface area contributed by atoms with Gasteiger partial charge in [-0.25, -0.2) is 9.97 Å². The molecule has 0 aliphatic heterocycles. The van der Waals surface area contributed by atoms with Crippen molar-refractivity contribution in [2.75, 3.05) is 5.73 Å². The molecule has 0 saturated heterocycles. The van der Waals surface area contributed by atoms with Gasteiger partial charge in [0.1, 0.15) is 11.6 Å². The summed E-state index contributed by atoms with van der Waals surface area (Å²) in [6.07, 6.45) is 2.06. The first-order valence-electron chi connectivity index (χ1n) is 8.89. The van der Waals surface area contributed by atoms with E-state index < -0.39 is 0 Å². The number of benzene rings is 2. The molecule has 0 aliphatic carbocycles. The molecule has 5 heteroatoms. The number of anilines is 1. The number of nitrogens with two attached hydrogens (primary N) is 1. The highest BCUT2D eigenvalue weighted by molar-refractivity contribution is 6.30. The predicted octanol–water partition coefficient (Wildman–Crippen LogP) is 5.33. The molecule has 0 bridgehead atoms. The van der Waals surface area contributed by atoms with E-state index in [9.17, 15) is 0 Å². The molecule has 0 amide bonds. The van der Waals surface area contributed by atoms with Crippen LogP contribution in [0, 0.1) is 6.92 Å². The number of hydrogen-bond donors (Lipinski definition) is 1. The van der Waals surface area contributed by atoms with E-state index in [1.807, 2.05) is 38.2 Å². The maximum Gasteiger partial charge on any atom is 0.131 e. The zero-order chi connectivity index (χ0) is 19.1. The zero-order valence-corrected chi connectivity index (χ0v) is 16.3. The lowest BCUT2D eigenvalue weighted by molar-refractivity contribution is 0.894. The van der Waals surface area contributed by atoms with Crippen molar-refractivity contribution in [2.45, 2.75) is 19.8 Å². The fourth-order valence-electron chi connectivity index (χ4n) is 3.58. The van der Waals surface area contributed by atoms with Crippen molar-refractivity contribution in [3.8, 4) is 11.3 Å². The number of aryl methyl sites for hydroxylation is 2. The quantitative estimate of drug-likeness (QED) is 0.525. The molecule has 0 spiro atoms. The number of nitrogens with zero attached hydrogens (tertiary/aromatic N) is 3. The average Bonchev–Trinajstić information content (AvgIpc) is 3.02. The van der Waals surface area contributed by atoms with Crippen LogP contribution in [-0.2, 0) is 7.05 Å². The molecular formula is C22H21ClN4. The summed E-state index contributed by atoms with van der Waals surface area (Å²) in [4.78, 5) is 9.19. The molecule has 1 atom stereocenters. The molecule has 0 unspecified atom stereocenters. The number of hydrogen-bond acceptors (Lipinski definition) is 3. The second kappa shape index (κ2) is 6.71. The summed E-state index contributed by atoms with van der Waals surface area (Å²) in [5.41, 5.74) is 11.5. The van der Waals surface area contributed by atoms with Gasteiger partial charge in [0.25, 0.3) is 0 Å². The lowest BCUT2D eigenvalue weighted by Crippen LogP contribution is -2.09. The van der Waals surface area contributed by atoms with Crippen molar-refractivity contribution in [3.05, 3.63) is 76.7 Å². The minimum atomic E-state index is 0.0435. The van der Waals surface area contributed by atoms with Crippen LogP contribution < -0.4 is 5.73 Å². The van der Waals surface area contributed by atoms with E-state index in [2.05, 4.69) is 46.9 Å². The Morgan fingerprint density at radius 1 is 1.04 bits per heavy atom. The summed E-state index contributed by atoms with van der Waals surface area (Å²) < 4.78 is 2.11. The maximum absolute atomic E-state index is 6.37. The van der Waals surface area contributed by atoms with Gasteiger partial charge in [0.2, 0.25) is 0 Å². The Labute approximate surface area is 163 Å². The highest BCUT2D eigenvalue weighted by Crippen LogP contribution is 2.36. The van der Waals surface area contributed by atoms with Crippen molar-refractivity contribution in [1.82, 2.24) is 14.5 Å². The van der Waals surface area contributed by atoms with Gasteiger partial charge in [0.15, 0.2) is 0 Å². The first-order chi connectivity index (χ1) is 12.9. The molecule has 27 heavy (non-hydrogen) atoms. The molecule has 2 aromatic carbocycles. The summed E-state index contributed by atoms with van der Waals surface area (Å²) in [5.74, 6) is 1.23.